The molecule has 0 saturated carbocycles. The quantitative estimate of drug-likeness (QED) is 0.610. The number of hydrogen-bond donors (Lipinski definition) is 2. The van der Waals surface area contributed by atoms with Crippen LogP contribution < -0.4 is 5.73 Å². The summed E-state index contributed by atoms with van der Waals surface area (Å²) < 4.78 is 25.8. The minimum Gasteiger partial charge on any atom is -0.390 e. The van der Waals surface area contributed by atoms with Crippen molar-refractivity contribution in [2.45, 2.75) is 12.0 Å². The molecule has 1 heterocycles. The van der Waals surface area contributed by atoms with Gasteiger partial charge in [-0.3, -0.25) is 10.1 Å². The van der Waals surface area contributed by atoms with Crippen LogP contribution in [0.4, 0.5) is 13.8 Å². The van der Waals surface area contributed by atoms with Crippen molar-refractivity contribution in [2.75, 3.05) is 6.61 Å². The van der Waals surface area contributed by atoms with E-state index in [-0.39, 0.29) is 9.88 Å². The zero-order valence-electron chi connectivity index (χ0n) is 7.39. The molecule has 1 rings (SSSR count). The maximum Gasteiger partial charge on any atom is 0.324 e. The van der Waals surface area contributed by atoms with Gasteiger partial charge in [-0.05, 0) is 6.07 Å². The summed E-state index contributed by atoms with van der Waals surface area (Å²) in [5.41, 5.74) is 5.17. The van der Waals surface area contributed by atoms with Gasteiger partial charge in [-0.15, -0.1) is 0 Å². The van der Waals surface area contributed by atoms with Gasteiger partial charge in [0.1, 0.15) is 12.6 Å². The van der Waals surface area contributed by atoms with Gasteiger partial charge in [0.25, 0.3) is 5.92 Å². The molecule has 0 saturated heterocycles. The number of nitrogens with two attached hydrogens (primary N) is 1. The lowest BCUT2D eigenvalue weighted by atomic mass is 10.1. The molecule has 0 aliphatic carbocycles. The predicted octanol–water partition coefficient (Wildman–Crippen LogP) is 1.28. The molecule has 0 spiro atoms. The lowest BCUT2D eigenvalue weighted by molar-refractivity contribution is -0.380. The van der Waals surface area contributed by atoms with Crippen LogP contribution in [0.15, 0.2) is 12.1 Å². The highest BCUT2D eigenvalue weighted by Gasteiger charge is 2.38. The van der Waals surface area contributed by atoms with E-state index in [1.807, 2.05) is 0 Å². The summed E-state index contributed by atoms with van der Waals surface area (Å²) in [7, 11) is 0. The Morgan fingerprint density at radius 1 is 1.67 bits per heavy atom. The number of nitrogens with zero attached hydrogens (tertiary/aromatic N) is 1. The molecule has 5 nitrogen and oxygen atoms in total. The third-order valence-electron chi connectivity index (χ3n) is 1.76. The number of thiophene rings is 1. The number of halogens is 2. The molecule has 3 N–H and O–H groups in total. The van der Waals surface area contributed by atoms with Crippen molar-refractivity contribution in [1.29, 1.82) is 0 Å². The van der Waals surface area contributed by atoms with E-state index in [4.69, 9.17) is 10.8 Å². The number of aliphatic hydroxyl groups is 1. The molecule has 1 aromatic heterocycles. The lowest BCUT2D eigenvalue weighted by Crippen LogP contribution is -2.35. The molecule has 8 heteroatoms. The largest absolute Gasteiger partial charge is 0.390 e. The summed E-state index contributed by atoms with van der Waals surface area (Å²) in [6.07, 6.45) is 0. The van der Waals surface area contributed by atoms with E-state index in [0.717, 1.165) is 12.1 Å². The number of aliphatic hydroxyl groups excluding tert-OH is 1. The van der Waals surface area contributed by atoms with E-state index in [1.54, 1.807) is 0 Å². The average molecular weight is 238 g/mol. The standard InChI is InChI=1S/C7H8F2N2O3S/c8-7(9,3-12)6(10)4-1-2-5(15-4)11(13)14/h1-2,6,12H,3,10H2/t6-/m0/s1. The summed E-state index contributed by atoms with van der Waals surface area (Å²) in [6, 6.07) is 0.547. The van der Waals surface area contributed by atoms with Gasteiger partial charge in [0.15, 0.2) is 0 Å². The molecule has 84 valence electrons. The van der Waals surface area contributed by atoms with Crippen molar-refractivity contribution in [2.24, 2.45) is 5.73 Å². The maximum atomic E-state index is 12.9. The Balaban J connectivity index is 2.92. The number of rotatable bonds is 4. The van der Waals surface area contributed by atoms with E-state index in [1.165, 1.54) is 0 Å². The van der Waals surface area contributed by atoms with Gasteiger partial charge in [-0.25, -0.2) is 8.78 Å². The summed E-state index contributed by atoms with van der Waals surface area (Å²) in [5.74, 6) is -3.47. The molecule has 0 unspecified atom stereocenters. The monoisotopic (exact) mass is 238 g/mol. The Morgan fingerprint density at radius 2 is 2.27 bits per heavy atom. The smallest absolute Gasteiger partial charge is 0.324 e. The second-order valence-electron chi connectivity index (χ2n) is 2.83. The minimum atomic E-state index is -3.47. The van der Waals surface area contributed by atoms with E-state index in [9.17, 15) is 18.9 Å². The summed E-state index contributed by atoms with van der Waals surface area (Å²) >= 11 is 0.576. The second-order valence-corrected chi connectivity index (χ2v) is 3.92. The van der Waals surface area contributed by atoms with Crippen molar-refractivity contribution in [3.8, 4) is 0 Å². The molecule has 1 atom stereocenters. The van der Waals surface area contributed by atoms with Crippen LogP contribution in [-0.2, 0) is 0 Å². The van der Waals surface area contributed by atoms with Gasteiger partial charge >= 0.3 is 5.00 Å². The number of nitro groups is 1. The number of alkyl halides is 2. The van der Waals surface area contributed by atoms with Crippen LogP contribution in [0.3, 0.4) is 0 Å². The van der Waals surface area contributed by atoms with Gasteiger partial charge in [0, 0.05) is 10.9 Å². The highest BCUT2D eigenvalue weighted by molar-refractivity contribution is 7.15. The average Bonchev–Trinajstić information content (AvgIpc) is 2.65. The Hall–Kier alpha value is -1.12. The molecule has 1 aromatic rings. The first kappa shape index (κ1) is 12.0. The first-order valence-electron chi connectivity index (χ1n) is 3.87. The molecular weight excluding hydrogens is 230 g/mol. The fraction of sp³-hybridized carbons (Fsp3) is 0.429. The zero-order valence-corrected chi connectivity index (χ0v) is 8.21. The summed E-state index contributed by atoms with van der Waals surface area (Å²) in [5, 5.41) is 18.4. The van der Waals surface area contributed by atoms with Crippen molar-refractivity contribution >= 4 is 16.3 Å². The highest BCUT2D eigenvalue weighted by atomic mass is 32.1. The van der Waals surface area contributed by atoms with Crippen molar-refractivity contribution in [3.63, 3.8) is 0 Å². The highest BCUT2D eigenvalue weighted by Crippen LogP contribution is 2.35. The Bertz CT molecular complexity index is 369. The van der Waals surface area contributed by atoms with Crippen LogP contribution in [0.1, 0.15) is 10.9 Å². The second kappa shape index (κ2) is 4.17. The van der Waals surface area contributed by atoms with E-state index in [2.05, 4.69) is 0 Å². The molecule has 0 aliphatic heterocycles. The molecule has 0 fully saturated rings. The molecule has 0 aromatic carbocycles. The van der Waals surface area contributed by atoms with Crippen molar-refractivity contribution < 1.29 is 18.8 Å². The fourth-order valence-electron chi connectivity index (χ4n) is 0.914. The van der Waals surface area contributed by atoms with Crippen LogP contribution in [-0.4, -0.2) is 22.6 Å². The van der Waals surface area contributed by atoms with Crippen LogP contribution in [0, 0.1) is 10.1 Å². The fourth-order valence-corrected chi connectivity index (χ4v) is 1.80. The molecule has 0 bridgehead atoms. The molecule has 0 aliphatic rings. The Morgan fingerprint density at radius 3 is 2.67 bits per heavy atom. The Kier molecular flexibility index (Phi) is 3.32. The van der Waals surface area contributed by atoms with Gasteiger partial charge in [0.05, 0.1) is 4.92 Å². The van der Waals surface area contributed by atoms with Crippen LogP contribution in [0.25, 0.3) is 0 Å². The Labute approximate surface area is 87.3 Å². The summed E-state index contributed by atoms with van der Waals surface area (Å²) in [4.78, 5) is 9.58. The van der Waals surface area contributed by atoms with E-state index in [0.29, 0.717) is 11.3 Å². The summed E-state index contributed by atoms with van der Waals surface area (Å²) in [6.45, 7) is -1.39. The molecule has 0 amide bonds. The molecule has 0 radical (unpaired) electrons. The normalized spacial score (nSPS) is 13.9. The molecular formula is C7H8F2N2O3S. The first-order chi connectivity index (χ1) is 6.88. The van der Waals surface area contributed by atoms with Crippen LogP contribution >= 0.6 is 11.3 Å². The minimum absolute atomic E-state index is 0.0271. The topological polar surface area (TPSA) is 89.4 Å². The third-order valence-corrected chi connectivity index (χ3v) is 2.88. The SMILES string of the molecule is N[C@@H](c1ccc([N+](=O)[O-])s1)C(F)(F)CO. The van der Waals surface area contributed by atoms with Crippen molar-refractivity contribution in [1.82, 2.24) is 0 Å². The van der Waals surface area contributed by atoms with Gasteiger partial charge in [-0.1, -0.05) is 11.3 Å². The van der Waals surface area contributed by atoms with Gasteiger partial charge in [-0.2, -0.15) is 0 Å². The van der Waals surface area contributed by atoms with Gasteiger partial charge in [0.2, 0.25) is 0 Å². The first-order valence-corrected chi connectivity index (χ1v) is 4.68. The molecule has 15 heavy (non-hydrogen) atoms. The van der Waals surface area contributed by atoms with E-state index >= 15 is 0 Å². The lowest BCUT2D eigenvalue weighted by Gasteiger charge is -2.19. The van der Waals surface area contributed by atoms with E-state index < -0.39 is 23.5 Å². The van der Waals surface area contributed by atoms with Gasteiger partial charge < -0.3 is 10.8 Å². The van der Waals surface area contributed by atoms with Crippen LogP contribution in [0.5, 0.6) is 0 Å². The third kappa shape index (κ3) is 2.46. The maximum absolute atomic E-state index is 12.9. The number of hydrogen-bond acceptors (Lipinski definition) is 5. The predicted molar refractivity (Wildman–Crippen MR) is 49.9 cm³/mol. The van der Waals surface area contributed by atoms with Crippen molar-refractivity contribution in [3.05, 3.63) is 27.1 Å². The zero-order chi connectivity index (χ0) is 11.6. The van der Waals surface area contributed by atoms with Crippen LogP contribution in [0.2, 0.25) is 0 Å².